The minimum atomic E-state index is -0.327. The third kappa shape index (κ3) is 4.94. The van der Waals surface area contributed by atoms with Crippen LogP contribution in [0.5, 0.6) is 0 Å². The number of piperidine rings is 1. The second-order valence-electron chi connectivity index (χ2n) is 6.05. The molecule has 0 radical (unpaired) electrons. The normalized spacial score (nSPS) is 17.2. The van der Waals surface area contributed by atoms with Gasteiger partial charge in [-0.05, 0) is 36.5 Å². The highest BCUT2D eigenvalue weighted by molar-refractivity contribution is 5.99. The molecule has 6 nitrogen and oxygen atoms in total. The van der Waals surface area contributed by atoms with Gasteiger partial charge in [-0.25, -0.2) is 0 Å². The Morgan fingerprint density at radius 3 is 2.79 bits per heavy atom. The molecule has 1 aliphatic heterocycles. The fourth-order valence-electron chi connectivity index (χ4n) is 3.00. The number of hydrogen-bond acceptors (Lipinski definition) is 3. The van der Waals surface area contributed by atoms with Crippen molar-refractivity contribution in [1.29, 1.82) is 0 Å². The van der Waals surface area contributed by atoms with Crippen LogP contribution >= 0.6 is 0 Å². The van der Waals surface area contributed by atoms with Crippen LogP contribution in [-0.2, 0) is 20.8 Å². The van der Waals surface area contributed by atoms with Crippen LogP contribution in [0.2, 0.25) is 0 Å². The number of benzene rings is 1. The molecule has 128 valence electrons. The zero-order chi connectivity index (χ0) is 17.5. The molecule has 1 unspecified atom stereocenters. The van der Waals surface area contributed by atoms with Crippen molar-refractivity contribution in [1.82, 2.24) is 4.90 Å². The van der Waals surface area contributed by atoms with Crippen molar-refractivity contribution in [3.05, 3.63) is 42.5 Å². The molecule has 1 aromatic rings. The molecule has 3 amide bonds. The van der Waals surface area contributed by atoms with Gasteiger partial charge in [0.1, 0.15) is 0 Å². The first-order valence-electron chi connectivity index (χ1n) is 8.07. The first-order valence-corrected chi connectivity index (χ1v) is 8.07. The number of anilines is 1. The number of primary amides is 1. The van der Waals surface area contributed by atoms with Crippen molar-refractivity contribution < 1.29 is 14.4 Å². The van der Waals surface area contributed by atoms with Gasteiger partial charge in [0.25, 0.3) is 0 Å². The number of carbonyl (C=O) groups excluding carboxylic acids is 3. The zero-order valence-corrected chi connectivity index (χ0v) is 13.7. The molecule has 0 bridgehead atoms. The van der Waals surface area contributed by atoms with Crippen molar-refractivity contribution in [3.63, 3.8) is 0 Å². The second kappa shape index (κ2) is 8.29. The van der Waals surface area contributed by atoms with E-state index in [4.69, 9.17) is 5.73 Å². The van der Waals surface area contributed by atoms with Crippen molar-refractivity contribution in [2.75, 3.05) is 18.4 Å². The molecule has 6 heteroatoms. The van der Waals surface area contributed by atoms with E-state index >= 15 is 0 Å². The molecule has 0 spiro atoms. The molecule has 3 N–H and O–H groups in total. The van der Waals surface area contributed by atoms with Crippen LogP contribution < -0.4 is 11.1 Å². The van der Waals surface area contributed by atoms with Gasteiger partial charge in [0, 0.05) is 25.2 Å². The van der Waals surface area contributed by atoms with Crippen LogP contribution in [0.3, 0.4) is 0 Å². The predicted molar refractivity (Wildman–Crippen MR) is 92.1 cm³/mol. The van der Waals surface area contributed by atoms with E-state index in [9.17, 15) is 14.4 Å². The van der Waals surface area contributed by atoms with Crippen molar-refractivity contribution in [2.24, 2.45) is 11.7 Å². The predicted octanol–water partition coefficient (Wildman–Crippen LogP) is 1.47. The Labute approximate surface area is 141 Å². The first-order chi connectivity index (χ1) is 11.5. The maximum Gasteiger partial charge on any atom is 0.247 e. The summed E-state index contributed by atoms with van der Waals surface area (Å²) in [5.41, 5.74) is 6.63. The molecule has 1 aromatic carbocycles. The van der Waals surface area contributed by atoms with E-state index in [-0.39, 0.29) is 30.1 Å². The Kier molecular flexibility index (Phi) is 6.12. The minimum absolute atomic E-state index is 0.00975. The Morgan fingerprint density at radius 2 is 2.08 bits per heavy atom. The Morgan fingerprint density at radius 1 is 1.33 bits per heavy atom. The number of hydrogen-bond donors (Lipinski definition) is 2. The zero-order valence-electron chi connectivity index (χ0n) is 13.7. The summed E-state index contributed by atoms with van der Waals surface area (Å²) in [7, 11) is 0. The summed E-state index contributed by atoms with van der Waals surface area (Å²) in [5.74, 6) is -0.512. The van der Waals surface area contributed by atoms with Crippen molar-refractivity contribution >= 4 is 23.4 Å². The summed E-state index contributed by atoms with van der Waals surface area (Å²) in [6.45, 7) is 4.68. The third-order valence-corrected chi connectivity index (χ3v) is 4.16. The molecule has 24 heavy (non-hydrogen) atoms. The first kappa shape index (κ1) is 17.7. The van der Waals surface area contributed by atoms with E-state index in [1.54, 1.807) is 17.0 Å². The summed E-state index contributed by atoms with van der Waals surface area (Å²) in [4.78, 5) is 36.9. The average Bonchev–Trinajstić information content (AvgIpc) is 2.56. The molecule has 1 heterocycles. The number of amides is 3. The molecule has 1 fully saturated rings. The summed E-state index contributed by atoms with van der Waals surface area (Å²) in [6.07, 6.45) is 3.50. The van der Waals surface area contributed by atoms with Gasteiger partial charge in [-0.1, -0.05) is 24.8 Å². The van der Waals surface area contributed by atoms with E-state index in [0.717, 1.165) is 18.4 Å². The summed E-state index contributed by atoms with van der Waals surface area (Å²) in [5, 5.41) is 2.71. The number of nitrogens with two attached hydrogens (primary N) is 1. The van der Waals surface area contributed by atoms with Gasteiger partial charge in [0.2, 0.25) is 17.7 Å². The molecule has 0 aliphatic carbocycles. The molecule has 0 aromatic heterocycles. The fraction of sp³-hybridized carbons (Fsp3) is 0.389. The van der Waals surface area contributed by atoms with Crippen molar-refractivity contribution in [2.45, 2.75) is 25.7 Å². The maximum atomic E-state index is 12.6. The van der Waals surface area contributed by atoms with Gasteiger partial charge in [0.15, 0.2) is 0 Å². The standard InChI is InChI=1S/C18H23N3O3/c1-2-17(23)20-15-8-4-3-7-14(15)11-18(24)21-9-5-6-13(12-21)10-16(19)22/h2-4,7-8,13H,1,5-6,9-12H2,(H2,19,22)(H,20,23). The van der Waals surface area contributed by atoms with E-state index in [2.05, 4.69) is 11.9 Å². The van der Waals surface area contributed by atoms with Crippen LogP contribution in [0.1, 0.15) is 24.8 Å². The lowest BCUT2D eigenvalue weighted by Crippen LogP contribution is -2.41. The van der Waals surface area contributed by atoms with Gasteiger partial charge in [-0.3, -0.25) is 14.4 Å². The monoisotopic (exact) mass is 329 g/mol. The summed E-state index contributed by atoms with van der Waals surface area (Å²) < 4.78 is 0. The second-order valence-corrected chi connectivity index (χ2v) is 6.05. The lowest BCUT2D eigenvalue weighted by Gasteiger charge is -2.32. The quantitative estimate of drug-likeness (QED) is 0.774. The lowest BCUT2D eigenvalue weighted by atomic mass is 9.94. The highest BCUT2D eigenvalue weighted by Crippen LogP contribution is 2.22. The van der Waals surface area contributed by atoms with Crippen LogP contribution in [0.4, 0.5) is 5.69 Å². The topological polar surface area (TPSA) is 92.5 Å². The number of carbonyl (C=O) groups is 3. The number of nitrogens with zero attached hydrogens (tertiary/aromatic N) is 1. The maximum absolute atomic E-state index is 12.6. The summed E-state index contributed by atoms with van der Waals surface area (Å²) in [6, 6.07) is 7.21. The number of likely N-dealkylation sites (tertiary alicyclic amines) is 1. The van der Waals surface area contributed by atoms with E-state index in [1.807, 2.05) is 12.1 Å². The van der Waals surface area contributed by atoms with Gasteiger partial charge in [-0.2, -0.15) is 0 Å². The Bertz CT molecular complexity index is 642. The highest BCUT2D eigenvalue weighted by Gasteiger charge is 2.25. The highest BCUT2D eigenvalue weighted by atomic mass is 16.2. The van der Waals surface area contributed by atoms with Crippen LogP contribution in [-0.4, -0.2) is 35.7 Å². The minimum Gasteiger partial charge on any atom is -0.370 e. The van der Waals surface area contributed by atoms with Gasteiger partial charge in [0.05, 0.1) is 6.42 Å². The third-order valence-electron chi connectivity index (χ3n) is 4.16. The number of para-hydroxylation sites is 1. The average molecular weight is 329 g/mol. The van der Waals surface area contributed by atoms with Crippen molar-refractivity contribution in [3.8, 4) is 0 Å². The molecule has 1 atom stereocenters. The summed E-state index contributed by atoms with van der Waals surface area (Å²) >= 11 is 0. The largest absolute Gasteiger partial charge is 0.370 e. The van der Waals surface area contributed by atoms with Crippen LogP contribution in [0, 0.1) is 5.92 Å². The van der Waals surface area contributed by atoms with Crippen LogP contribution in [0.15, 0.2) is 36.9 Å². The lowest BCUT2D eigenvalue weighted by molar-refractivity contribution is -0.133. The Hall–Kier alpha value is -2.63. The van der Waals surface area contributed by atoms with E-state index in [0.29, 0.717) is 25.2 Å². The van der Waals surface area contributed by atoms with E-state index in [1.165, 1.54) is 6.08 Å². The number of nitrogens with one attached hydrogen (secondary N) is 1. The van der Waals surface area contributed by atoms with Gasteiger partial charge >= 0.3 is 0 Å². The SMILES string of the molecule is C=CC(=O)Nc1ccccc1CC(=O)N1CCCC(CC(N)=O)C1. The van der Waals surface area contributed by atoms with Gasteiger partial charge in [-0.15, -0.1) is 0 Å². The van der Waals surface area contributed by atoms with E-state index < -0.39 is 0 Å². The molecule has 1 saturated heterocycles. The molecular weight excluding hydrogens is 306 g/mol. The smallest absolute Gasteiger partial charge is 0.247 e. The fourth-order valence-corrected chi connectivity index (χ4v) is 3.00. The molecule has 0 saturated carbocycles. The van der Waals surface area contributed by atoms with Crippen LogP contribution in [0.25, 0.3) is 0 Å². The number of rotatable bonds is 6. The molecule has 1 aliphatic rings. The Balaban J connectivity index is 2.02. The molecule has 2 rings (SSSR count). The van der Waals surface area contributed by atoms with Gasteiger partial charge < -0.3 is 16.0 Å². The molecular formula is C18H23N3O3.